The van der Waals surface area contributed by atoms with E-state index in [1.54, 1.807) is 0 Å². The van der Waals surface area contributed by atoms with Crippen LogP contribution in [0.3, 0.4) is 0 Å². The molecule has 1 atom stereocenters. The number of alkyl halides is 2. The van der Waals surface area contributed by atoms with E-state index in [1.165, 1.54) is 11.0 Å². The number of halogens is 2. The molecule has 1 aromatic rings. The van der Waals surface area contributed by atoms with Crippen molar-refractivity contribution in [1.29, 1.82) is 0 Å². The van der Waals surface area contributed by atoms with Gasteiger partial charge in [0.2, 0.25) is 5.91 Å². The predicted octanol–water partition coefficient (Wildman–Crippen LogP) is 1.36. The number of aromatic nitrogens is 1. The molecule has 1 aliphatic rings. The third-order valence-corrected chi connectivity index (χ3v) is 3.37. The number of carbonyl (C=O) groups excluding carboxylic acids is 2. The lowest BCUT2D eigenvalue weighted by molar-refractivity contribution is -0.123. The lowest BCUT2D eigenvalue weighted by Gasteiger charge is -2.31. The standard InChI is InChI=1S/C13H15F2N3O2/c14-11(15)10-4-3-8(6-17-10)13(20)18-5-1-2-9(7-18)12(16)19/h3-4,6,9,11H,1-2,5,7H2,(H2,16,19). The molecule has 1 aromatic heterocycles. The maximum Gasteiger partial charge on any atom is 0.280 e. The molecule has 1 saturated heterocycles. The molecule has 0 radical (unpaired) electrons. The van der Waals surface area contributed by atoms with Crippen molar-refractivity contribution in [3.63, 3.8) is 0 Å². The molecule has 0 bridgehead atoms. The molecular formula is C13H15F2N3O2. The Morgan fingerprint density at radius 3 is 2.70 bits per heavy atom. The summed E-state index contributed by atoms with van der Waals surface area (Å²) in [5, 5.41) is 0. The fourth-order valence-electron chi connectivity index (χ4n) is 2.24. The quantitative estimate of drug-likeness (QED) is 0.910. The fourth-order valence-corrected chi connectivity index (χ4v) is 2.24. The van der Waals surface area contributed by atoms with E-state index in [1.807, 2.05) is 0 Å². The van der Waals surface area contributed by atoms with E-state index in [4.69, 9.17) is 5.73 Å². The van der Waals surface area contributed by atoms with Crippen LogP contribution in [0.25, 0.3) is 0 Å². The van der Waals surface area contributed by atoms with Crippen molar-refractivity contribution in [3.05, 3.63) is 29.6 Å². The first-order chi connectivity index (χ1) is 9.49. The summed E-state index contributed by atoms with van der Waals surface area (Å²) in [4.78, 5) is 28.4. The molecule has 1 fully saturated rings. The number of hydrogen-bond donors (Lipinski definition) is 1. The second-order valence-corrected chi connectivity index (χ2v) is 4.77. The van der Waals surface area contributed by atoms with E-state index in [0.29, 0.717) is 19.4 Å². The summed E-state index contributed by atoms with van der Waals surface area (Å²) in [7, 11) is 0. The first kappa shape index (κ1) is 14.4. The number of amides is 2. The second-order valence-electron chi connectivity index (χ2n) is 4.77. The molecule has 20 heavy (non-hydrogen) atoms. The Labute approximate surface area is 114 Å². The van der Waals surface area contributed by atoms with Gasteiger partial charge in [-0.3, -0.25) is 14.6 Å². The van der Waals surface area contributed by atoms with E-state index in [0.717, 1.165) is 12.3 Å². The van der Waals surface area contributed by atoms with Crippen LogP contribution in [-0.2, 0) is 4.79 Å². The summed E-state index contributed by atoms with van der Waals surface area (Å²) < 4.78 is 24.8. The minimum Gasteiger partial charge on any atom is -0.369 e. The normalized spacial score (nSPS) is 19.1. The van der Waals surface area contributed by atoms with E-state index in [-0.39, 0.29) is 29.6 Å². The number of hydrogen-bond acceptors (Lipinski definition) is 3. The van der Waals surface area contributed by atoms with Crippen LogP contribution in [0.4, 0.5) is 8.78 Å². The largest absolute Gasteiger partial charge is 0.369 e. The van der Waals surface area contributed by atoms with Gasteiger partial charge in [0.05, 0.1) is 11.5 Å². The molecule has 2 heterocycles. The number of pyridine rings is 1. The Balaban J connectivity index is 2.08. The second kappa shape index (κ2) is 5.94. The zero-order valence-corrected chi connectivity index (χ0v) is 10.8. The zero-order valence-electron chi connectivity index (χ0n) is 10.8. The van der Waals surface area contributed by atoms with Gasteiger partial charge in [-0.15, -0.1) is 0 Å². The van der Waals surface area contributed by atoms with E-state index in [2.05, 4.69) is 4.98 Å². The fraction of sp³-hybridized carbons (Fsp3) is 0.462. The SMILES string of the molecule is NC(=O)C1CCCN(C(=O)c2ccc(C(F)F)nc2)C1. The number of primary amides is 1. The Kier molecular flexibility index (Phi) is 4.26. The van der Waals surface area contributed by atoms with Crippen LogP contribution in [-0.4, -0.2) is 34.8 Å². The van der Waals surface area contributed by atoms with Gasteiger partial charge in [-0.2, -0.15) is 0 Å². The first-order valence-corrected chi connectivity index (χ1v) is 6.31. The highest BCUT2D eigenvalue weighted by atomic mass is 19.3. The molecule has 0 aliphatic carbocycles. The molecule has 0 saturated carbocycles. The third kappa shape index (κ3) is 3.09. The van der Waals surface area contributed by atoms with Crippen molar-refractivity contribution in [2.45, 2.75) is 19.3 Å². The maximum atomic E-state index is 12.4. The zero-order chi connectivity index (χ0) is 14.7. The van der Waals surface area contributed by atoms with Crippen LogP contribution in [0.1, 0.15) is 35.3 Å². The van der Waals surface area contributed by atoms with Crippen LogP contribution in [0.2, 0.25) is 0 Å². The van der Waals surface area contributed by atoms with Gasteiger partial charge in [0.25, 0.3) is 12.3 Å². The van der Waals surface area contributed by atoms with Gasteiger partial charge in [0.15, 0.2) is 0 Å². The number of nitrogens with zero attached hydrogens (tertiary/aromatic N) is 2. The molecule has 5 nitrogen and oxygen atoms in total. The summed E-state index contributed by atoms with van der Waals surface area (Å²) in [5.41, 5.74) is 5.12. The van der Waals surface area contributed by atoms with Crippen molar-refractivity contribution in [2.24, 2.45) is 11.7 Å². The van der Waals surface area contributed by atoms with Crippen molar-refractivity contribution in [2.75, 3.05) is 13.1 Å². The van der Waals surface area contributed by atoms with Gasteiger partial charge in [0, 0.05) is 19.3 Å². The number of likely N-dealkylation sites (tertiary alicyclic amines) is 1. The Hall–Kier alpha value is -2.05. The van der Waals surface area contributed by atoms with Crippen molar-refractivity contribution in [3.8, 4) is 0 Å². The molecule has 0 spiro atoms. The van der Waals surface area contributed by atoms with Crippen molar-refractivity contribution in [1.82, 2.24) is 9.88 Å². The van der Waals surface area contributed by atoms with Gasteiger partial charge in [-0.1, -0.05) is 0 Å². The molecule has 108 valence electrons. The molecule has 1 unspecified atom stereocenters. The lowest BCUT2D eigenvalue weighted by atomic mass is 9.97. The highest BCUT2D eigenvalue weighted by molar-refractivity contribution is 5.94. The molecule has 7 heteroatoms. The van der Waals surface area contributed by atoms with E-state index >= 15 is 0 Å². The van der Waals surface area contributed by atoms with Gasteiger partial charge < -0.3 is 10.6 Å². The number of rotatable bonds is 3. The van der Waals surface area contributed by atoms with Gasteiger partial charge >= 0.3 is 0 Å². The minimum absolute atomic E-state index is 0.236. The molecule has 0 aromatic carbocycles. The van der Waals surface area contributed by atoms with Crippen molar-refractivity contribution >= 4 is 11.8 Å². The predicted molar refractivity (Wildman–Crippen MR) is 67.0 cm³/mol. The van der Waals surface area contributed by atoms with Crippen LogP contribution >= 0.6 is 0 Å². The Morgan fingerprint density at radius 1 is 1.40 bits per heavy atom. The Bertz CT molecular complexity index is 505. The average Bonchev–Trinajstić information content (AvgIpc) is 2.46. The topological polar surface area (TPSA) is 76.3 Å². The van der Waals surface area contributed by atoms with Crippen LogP contribution < -0.4 is 5.73 Å². The van der Waals surface area contributed by atoms with Gasteiger partial charge in [-0.25, -0.2) is 8.78 Å². The molecule has 2 amide bonds. The van der Waals surface area contributed by atoms with Gasteiger partial charge in [0.1, 0.15) is 5.69 Å². The summed E-state index contributed by atoms with van der Waals surface area (Å²) in [6.07, 6.45) is -0.158. The minimum atomic E-state index is -2.66. The van der Waals surface area contributed by atoms with E-state index < -0.39 is 12.3 Å². The van der Waals surface area contributed by atoms with E-state index in [9.17, 15) is 18.4 Å². The third-order valence-electron chi connectivity index (χ3n) is 3.37. The molecular weight excluding hydrogens is 268 g/mol. The number of carbonyl (C=O) groups is 2. The molecule has 2 rings (SSSR count). The summed E-state index contributed by atoms with van der Waals surface area (Å²) in [6.45, 7) is 0.796. The Morgan fingerprint density at radius 2 is 2.15 bits per heavy atom. The summed E-state index contributed by atoms with van der Waals surface area (Å²) in [6, 6.07) is 2.46. The highest BCUT2D eigenvalue weighted by Crippen LogP contribution is 2.20. The van der Waals surface area contributed by atoms with Crippen LogP contribution in [0, 0.1) is 5.92 Å². The molecule has 2 N–H and O–H groups in total. The first-order valence-electron chi connectivity index (χ1n) is 6.31. The highest BCUT2D eigenvalue weighted by Gasteiger charge is 2.27. The smallest absolute Gasteiger partial charge is 0.280 e. The van der Waals surface area contributed by atoms with Crippen LogP contribution in [0.15, 0.2) is 18.3 Å². The summed E-state index contributed by atoms with van der Waals surface area (Å²) >= 11 is 0. The maximum absolute atomic E-state index is 12.4. The monoisotopic (exact) mass is 283 g/mol. The average molecular weight is 283 g/mol. The summed E-state index contributed by atoms with van der Waals surface area (Å²) in [5.74, 6) is -1.08. The van der Waals surface area contributed by atoms with Crippen LogP contribution in [0.5, 0.6) is 0 Å². The molecule has 1 aliphatic heterocycles. The number of nitrogens with two attached hydrogens (primary N) is 1. The van der Waals surface area contributed by atoms with Gasteiger partial charge in [-0.05, 0) is 25.0 Å². The number of piperidine rings is 1. The van der Waals surface area contributed by atoms with Crippen molar-refractivity contribution < 1.29 is 18.4 Å². The lowest BCUT2D eigenvalue weighted by Crippen LogP contribution is -2.44.